The molecular formula is C18H26N4OS. The molecule has 0 aliphatic rings. The molecule has 0 aliphatic heterocycles. The summed E-state index contributed by atoms with van der Waals surface area (Å²) in [5.74, 6) is 1.70. The van der Waals surface area contributed by atoms with E-state index in [-0.39, 0.29) is 0 Å². The van der Waals surface area contributed by atoms with Crippen LogP contribution in [0.25, 0.3) is 0 Å². The number of benzene rings is 1. The van der Waals surface area contributed by atoms with E-state index in [1.807, 2.05) is 12.3 Å². The average molecular weight is 347 g/mol. The average Bonchev–Trinajstić information content (AvgIpc) is 2.98. The van der Waals surface area contributed by atoms with Crippen LogP contribution < -0.4 is 15.4 Å². The van der Waals surface area contributed by atoms with E-state index < -0.39 is 0 Å². The van der Waals surface area contributed by atoms with Gasteiger partial charge in [0.05, 0.1) is 18.7 Å². The molecule has 2 N–H and O–H groups in total. The lowest BCUT2D eigenvalue weighted by Gasteiger charge is -2.12. The molecule has 2 rings (SSSR count). The molecule has 5 nitrogen and oxygen atoms in total. The topological polar surface area (TPSA) is 58.5 Å². The Labute approximate surface area is 148 Å². The van der Waals surface area contributed by atoms with Crippen LogP contribution in [-0.2, 0) is 13.0 Å². The number of aliphatic imine (C=N–C) groups is 1. The van der Waals surface area contributed by atoms with Gasteiger partial charge < -0.3 is 15.4 Å². The maximum Gasteiger partial charge on any atom is 0.191 e. The summed E-state index contributed by atoms with van der Waals surface area (Å²) in [6, 6.07) is 6.19. The Morgan fingerprint density at radius 2 is 2.12 bits per heavy atom. The molecule has 0 radical (unpaired) electrons. The number of ether oxygens (including phenoxy) is 1. The predicted molar refractivity (Wildman–Crippen MR) is 101 cm³/mol. The van der Waals surface area contributed by atoms with E-state index in [4.69, 9.17) is 4.74 Å². The Morgan fingerprint density at radius 1 is 1.29 bits per heavy atom. The van der Waals surface area contributed by atoms with E-state index in [0.29, 0.717) is 6.54 Å². The van der Waals surface area contributed by atoms with Crippen molar-refractivity contribution in [2.75, 3.05) is 20.2 Å². The summed E-state index contributed by atoms with van der Waals surface area (Å²) in [5.41, 5.74) is 2.26. The van der Waals surface area contributed by atoms with Crippen LogP contribution in [0.4, 0.5) is 0 Å². The number of methoxy groups -OCH3 is 1. The fourth-order valence-corrected chi connectivity index (χ4v) is 3.08. The first-order chi connectivity index (χ1) is 11.6. The summed E-state index contributed by atoms with van der Waals surface area (Å²) >= 11 is 1.74. The zero-order valence-corrected chi connectivity index (χ0v) is 15.7. The number of hydrogen-bond acceptors (Lipinski definition) is 4. The first-order valence-corrected chi connectivity index (χ1v) is 9.01. The monoisotopic (exact) mass is 346 g/mol. The number of aromatic nitrogens is 1. The van der Waals surface area contributed by atoms with Gasteiger partial charge in [0.15, 0.2) is 5.96 Å². The van der Waals surface area contributed by atoms with Crippen LogP contribution in [0.5, 0.6) is 5.75 Å². The van der Waals surface area contributed by atoms with E-state index in [2.05, 4.69) is 53.5 Å². The molecule has 1 aromatic carbocycles. The molecule has 0 bridgehead atoms. The van der Waals surface area contributed by atoms with Crippen molar-refractivity contribution in [3.63, 3.8) is 0 Å². The minimum Gasteiger partial charge on any atom is -0.496 e. The first-order valence-electron chi connectivity index (χ1n) is 8.19. The summed E-state index contributed by atoms with van der Waals surface area (Å²) in [4.78, 5) is 10.3. The molecule has 1 heterocycles. The lowest BCUT2D eigenvalue weighted by Crippen LogP contribution is -2.38. The lowest BCUT2D eigenvalue weighted by molar-refractivity contribution is 0.409. The third kappa shape index (κ3) is 5.53. The van der Waals surface area contributed by atoms with Crippen molar-refractivity contribution in [3.05, 3.63) is 45.4 Å². The van der Waals surface area contributed by atoms with Gasteiger partial charge >= 0.3 is 0 Å². The highest BCUT2D eigenvalue weighted by Gasteiger charge is 2.04. The zero-order valence-electron chi connectivity index (χ0n) is 14.8. The summed E-state index contributed by atoms with van der Waals surface area (Å²) in [5, 5.41) is 7.79. The van der Waals surface area contributed by atoms with Crippen molar-refractivity contribution in [1.82, 2.24) is 15.6 Å². The van der Waals surface area contributed by atoms with Crippen LogP contribution in [0.3, 0.4) is 0 Å². The second-order valence-corrected chi connectivity index (χ2v) is 6.87. The van der Waals surface area contributed by atoms with Crippen molar-refractivity contribution >= 4 is 17.3 Å². The Kier molecular flexibility index (Phi) is 7.06. The number of guanidine groups is 1. The number of aryl methyl sites for hydroxylation is 2. The van der Waals surface area contributed by atoms with Gasteiger partial charge in [-0.05, 0) is 32.4 Å². The van der Waals surface area contributed by atoms with Gasteiger partial charge in [-0.2, -0.15) is 0 Å². The normalized spacial score (nSPS) is 11.4. The van der Waals surface area contributed by atoms with Crippen LogP contribution in [0.15, 0.2) is 29.4 Å². The van der Waals surface area contributed by atoms with Crippen molar-refractivity contribution in [1.29, 1.82) is 0 Å². The lowest BCUT2D eigenvalue weighted by atomic mass is 10.1. The largest absolute Gasteiger partial charge is 0.496 e. The molecule has 0 fully saturated rings. The van der Waals surface area contributed by atoms with E-state index in [0.717, 1.165) is 41.8 Å². The molecule has 1 aromatic heterocycles. The third-order valence-corrected chi connectivity index (χ3v) is 4.47. The summed E-state index contributed by atoms with van der Waals surface area (Å²) in [7, 11) is 1.70. The number of nitrogens with zero attached hydrogens (tertiary/aromatic N) is 2. The minimum absolute atomic E-state index is 0.579. The molecule has 0 unspecified atom stereocenters. The van der Waals surface area contributed by atoms with Gasteiger partial charge in [-0.1, -0.05) is 12.1 Å². The number of thiazole rings is 1. The van der Waals surface area contributed by atoms with E-state index in [9.17, 15) is 0 Å². The number of nitrogens with one attached hydrogen (secondary N) is 2. The van der Waals surface area contributed by atoms with Crippen molar-refractivity contribution in [2.24, 2.45) is 4.99 Å². The Morgan fingerprint density at radius 3 is 2.79 bits per heavy atom. The third-order valence-electron chi connectivity index (χ3n) is 3.49. The van der Waals surface area contributed by atoms with Gasteiger partial charge in [-0.15, -0.1) is 11.3 Å². The summed E-state index contributed by atoms with van der Waals surface area (Å²) in [6.45, 7) is 8.41. The summed E-state index contributed by atoms with van der Waals surface area (Å²) < 4.78 is 5.44. The second kappa shape index (κ2) is 9.27. The predicted octanol–water partition coefficient (Wildman–Crippen LogP) is 3.07. The fraction of sp³-hybridized carbons (Fsp3) is 0.444. The molecular weight excluding hydrogens is 320 g/mol. The maximum absolute atomic E-state index is 5.44. The Bertz CT molecular complexity index is 681. The quantitative estimate of drug-likeness (QED) is 0.597. The van der Waals surface area contributed by atoms with Crippen molar-refractivity contribution in [2.45, 2.75) is 33.7 Å². The fourth-order valence-electron chi connectivity index (χ4n) is 2.29. The van der Waals surface area contributed by atoms with Crippen LogP contribution in [-0.4, -0.2) is 31.1 Å². The van der Waals surface area contributed by atoms with Crippen LogP contribution in [0.2, 0.25) is 0 Å². The minimum atomic E-state index is 0.579. The van der Waals surface area contributed by atoms with Crippen molar-refractivity contribution in [3.8, 4) is 5.75 Å². The van der Waals surface area contributed by atoms with E-state index >= 15 is 0 Å². The standard InChI is InChI=1S/C18H26N4OS/c1-5-19-18(20-9-8-17-21-11-14(3)24-17)22-12-15-7-6-13(2)10-16(15)23-4/h6-7,10-11H,5,8-9,12H2,1-4H3,(H2,19,20,22). The Hall–Kier alpha value is -2.08. The SMILES string of the molecule is CCNC(=NCc1ccc(C)cc1OC)NCCc1ncc(C)s1. The second-order valence-electron chi connectivity index (χ2n) is 5.55. The van der Waals surface area contributed by atoms with Crippen LogP contribution >= 0.6 is 11.3 Å². The molecule has 0 saturated heterocycles. The highest BCUT2D eigenvalue weighted by molar-refractivity contribution is 7.11. The van der Waals surface area contributed by atoms with Gasteiger partial charge in [0, 0.05) is 36.1 Å². The molecule has 0 aliphatic carbocycles. The number of hydrogen-bond donors (Lipinski definition) is 2. The highest BCUT2D eigenvalue weighted by Crippen LogP contribution is 2.20. The Balaban J connectivity index is 1.94. The smallest absolute Gasteiger partial charge is 0.191 e. The molecule has 24 heavy (non-hydrogen) atoms. The molecule has 0 saturated carbocycles. The summed E-state index contributed by atoms with van der Waals surface area (Å²) in [6.07, 6.45) is 2.82. The van der Waals surface area contributed by atoms with Crippen molar-refractivity contribution < 1.29 is 4.74 Å². The van der Waals surface area contributed by atoms with Gasteiger partial charge in [0.25, 0.3) is 0 Å². The molecule has 2 aromatic rings. The first kappa shape index (κ1) is 18.3. The highest BCUT2D eigenvalue weighted by atomic mass is 32.1. The van der Waals surface area contributed by atoms with Gasteiger partial charge in [0.2, 0.25) is 0 Å². The van der Waals surface area contributed by atoms with Gasteiger partial charge in [-0.3, -0.25) is 0 Å². The molecule has 0 amide bonds. The van der Waals surface area contributed by atoms with Gasteiger partial charge in [-0.25, -0.2) is 9.98 Å². The molecule has 0 atom stereocenters. The molecule has 6 heteroatoms. The molecule has 0 spiro atoms. The number of rotatable bonds is 7. The zero-order chi connectivity index (χ0) is 17.4. The van der Waals surface area contributed by atoms with Gasteiger partial charge in [0.1, 0.15) is 5.75 Å². The van der Waals surface area contributed by atoms with E-state index in [1.165, 1.54) is 10.4 Å². The van der Waals surface area contributed by atoms with Crippen LogP contribution in [0, 0.1) is 13.8 Å². The molecule has 130 valence electrons. The van der Waals surface area contributed by atoms with E-state index in [1.54, 1.807) is 18.4 Å². The van der Waals surface area contributed by atoms with Crippen LogP contribution in [0.1, 0.15) is 27.9 Å². The maximum atomic E-state index is 5.44.